The quantitative estimate of drug-likeness (QED) is 0.320. The molecule has 2 aromatic rings. The lowest BCUT2D eigenvalue weighted by molar-refractivity contribution is -0.150. The fraction of sp³-hybridized carbons (Fsp3) is 0.700. The summed E-state index contributed by atoms with van der Waals surface area (Å²) in [6, 6.07) is 5.85. The molecule has 6 atom stereocenters. The van der Waals surface area contributed by atoms with E-state index >= 15 is 0 Å². The van der Waals surface area contributed by atoms with E-state index in [9.17, 15) is 19.5 Å². The molecule has 1 aromatic heterocycles. The van der Waals surface area contributed by atoms with Crippen molar-refractivity contribution in [3.05, 3.63) is 29.8 Å². The molecule has 1 saturated carbocycles. The number of rotatable bonds is 6. The number of carboxylic acids is 1. The first-order valence-electron chi connectivity index (χ1n) is 19.4. The third-order valence-corrected chi connectivity index (χ3v) is 11.5. The Labute approximate surface area is 302 Å². The average Bonchev–Trinajstić information content (AvgIpc) is 3.68. The second-order valence-corrected chi connectivity index (χ2v) is 16.4. The molecule has 2 amide bonds. The molecule has 1 aliphatic carbocycles. The molecule has 4 aliphatic rings. The van der Waals surface area contributed by atoms with Gasteiger partial charge in [-0.2, -0.15) is 0 Å². The molecule has 3 aliphatic heterocycles. The summed E-state index contributed by atoms with van der Waals surface area (Å²) < 4.78 is 19.3. The molecule has 11 nitrogen and oxygen atoms in total. The third kappa shape index (κ3) is 8.90. The lowest BCUT2D eigenvalue weighted by atomic mass is 9.85. The number of hydrogen-bond donors (Lipinski definition) is 2. The van der Waals surface area contributed by atoms with Crippen LogP contribution in [0.25, 0.3) is 10.9 Å². The van der Waals surface area contributed by atoms with E-state index in [4.69, 9.17) is 19.2 Å². The van der Waals surface area contributed by atoms with E-state index in [0.717, 1.165) is 86.8 Å². The normalized spacial score (nSPS) is 28.5. The zero-order chi connectivity index (χ0) is 36.1. The number of para-hydroxylation sites is 1. The van der Waals surface area contributed by atoms with Crippen LogP contribution in [0.2, 0.25) is 0 Å². The fourth-order valence-electron chi connectivity index (χ4n) is 8.65. The number of fused-ring (bicyclic) bond motifs is 5. The highest BCUT2D eigenvalue weighted by molar-refractivity contribution is 5.91. The highest BCUT2D eigenvalue weighted by atomic mass is 16.6. The standard InChI is InChI=1S/C40H58N4O7/c1-26-18-19-33-28(26)14-7-5-8-16-30-34(49-23-13-22-43-20-11-6-12-21-43)29-15-9-10-17-31(29)41-36(30)50-27-24-32(38(46)47)44(25-27)37(45)35(40(2,3)4)42-39(48)51-33/h9-10,15,17,26-28,32-33,35H,5-8,11-14,16,18-25H2,1-4H3,(H,42,48)(H,46,47)/t26?,27-,28-,32+,33-,35-/m1/s1. The van der Waals surface area contributed by atoms with Crippen LogP contribution in [0.3, 0.4) is 0 Å². The van der Waals surface area contributed by atoms with E-state index in [0.29, 0.717) is 24.8 Å². The minimum atomic E-state index is -1.11. The topological polar surface area (TPSA) is 131 Å². The fourth-order valence-corrected chi connectivity index (χ4v) is 8.65. The summed E-state index contributed by atoms with van der Waals surface area (Å²) in [6.45, 7) is 11.7. The molecular weight excluding hydrogens is 648 g/mol. The maximum Gasteiger partial charge on any atom is 0.408 e. The Balaban J connectivity index is 1.32. The Morgan fingerprint density at radius 1 is 1.02 bits per heavy atom. The number of nitrogens with one attached hydrogen (secondary N) is 1. The van der Waals surface area contributed by atoms with Gasteiger partial charge in [-0.25, -0.2) is 14.6 Å². The van der Waals surface area contributed by atoms with Crippen molar-refractivity contribution in [2.45, 2.75) is 129 Å². The van der Waals surface area contributed by atoms with Crippen molar-refractivity contribution in [2.75, 3.05) is 32.8 Å². The predicted molar refractivity (Wildman–Crippen MR) is 195 cm³/mol. The number of hydrogen-bond acceptors (Lipinski definition) is 8. The second kappa shape index (κ2) is 16.4. The first kappa shape index (κ1) is 37.2. The number of ether oxygens (including phenoxy) is 3. The van der Waals surface area contributed by atoms with Gasteiger partial charge >= 0.3 is 12.1 Å². The van der Waals surface area contributed by atoms with Gasteiger partial charge in [-0.1, -0.05) is 59.1 Å². The third-order valence-electron chi connectivity index (χ3n) is 11.5. The molecule has 51 heavy (non-hydrogen) atoms. The number of carbonyl (C=O) groups is 3. The van der Waals surface area contributed by atoms with Crippen molar-refractivity contribution in [2.24, 2.45) is 17.3 Å². The van der Waals surface area contributed by atoms with Crippen LogP contribution >= 0.6 is 0 Å². The lowest BCUT2D eigenvalue weighted by Crippen LogP contribution is -2.57. The summed E-state index contributed by atoms with van der Waals surface area (Å²) >= 11 is 0. The van der Waals surface area contributed by atoms with Crippen LogP contribution in [0, 0.1) is 17.3 Å². The highest BCUT2D eigenvalue weighted by Gasteiger charge is 2.47. The minimum Gasteiger partial charge on any atom is -0.492 e. The largest absolute Gasteiger partial charge is 0.492 e. The number of carboxylic acid groups (broad SMARTS) is 1. The number of aromatic nitrogens is 1. The number of alkyl carbamates (subject to hydrolysis) is 1. The van der Waals surface area contributed by atoms with Gasteiger partial charge in [0, 0.05) is 18.4 Å². The van der Waals surface area contributed by atoms with Crippen molar-refractivity contribution in [3.63, 3.8) is 0 Å². The van der Waals surface area contributed by atoms with Gasteiger partial charge in [-0.3, -0.25) is 4.79 Å². The van der Waals surface area contributed by atoms with Crippen LogP contribution in [0.5, 0.6) is 11.6 Å². The Hall–Kier alpha value is -3.60. The number of benzene rings is 1. The number of aliphatic carboxylic acids is 1. The van der Waals surface area contributed by atoms with Crippen molar-refractivity contribution in [3.8, 4) is 11.6 Å². The van der Waals surface area contributed by atoms with E-state index in [1.54, 1.807) is 0 Å². The first-order valence-corrected chi connectivity index (χ1v) is 19.4. The second-order valence-electron chi connectivity index (χ2n) is 16.4. The predicted octanol–water partition coefficient (Wildman–Crippen LogP) is 6.59. The zero-order valence-corrected chi connectivity index (χ0v) is 31.0. The number of likely N-dealkylation sites (tertiary alicyclic amines) is 1. The summed E-state index contributed by atoms with van der Waals surface area (Å²) in [5, 5.41) is 14.1. The average molecular weight is 707 g/mol. The number of piperidine rings is 1. The van der Waals surface area contributed by atoms with Gasteiger partial charge in [-0.15, -0.1) is 0 Å². The molecule has 0 spiro atoms. The Kier molecular flexibility index (Phi) is 11.9. The molecule has 2 N–H and O–H groups in total. The molecule has 0 radical (unpaired) electrons. The SMILES string of the molecule is CC1CC[C@H]2OC(=O)N[C@@H](C(C)(C)C)C(=O)N3C[C@@H](C[C@H]3C(=O)O)Oc3nc4ccccc4c(OCCCN4CCCCC4)c3CCCCC[C@H]12. The molecule has 3 fully saturated rings. The van der Waals surface area contributed by atoms with Crippen LogP contribution in [-0.4, -0.2) is 94.9 Å². The van der Waals surface area contributed by atoms with Crippen LogP contribution in [0.15, 0.2) is 24.3 Å². The van der Waals surface area contributed by atoms with Gasteiger partial charge in [0.25, 0.3) is 0 Å². The van der Waals surface area contributed by atoms with E-state index < -0.39 is 41.6 Å². The van der Waals surface area contributed by atoms with Gasteiger partial charge in [0.1, 0.15) is 30.0 Å². The molecule has 11 heteroatoms. The van der Waals surface area contributed by atoms with Crippen LogP contribution in [-0.2, 0) is 20.7 Å². The van der Waals surface area contributed by atoms with E-state index in [1.807, 2.05) is 45.0 Å². The lowest BCUT2D eigenvalue weighted by Gasteiger charge is -2.35. The summed E-state index contributed by atoms with van der Waals surface area (Å²) in [6.07, 6.45) is 9.71. The number of carbonyl (C=O) groups excluding carboxylic acids is 2. The maximum absolute atomic E-state index is 14.2. The number of amides is 2. The molecule has 1 unspecified atom stereocenters. The van der Waals surface area contributed by atoms with Crippen molar-refractivity contribution < 1.29 is 33.7 Å². The molecule has 1 aromatic carbocycles. The molecule has 2 bridgehead atoms. The van der Waals surface area contributed by atoms with E-state index in [1.165, 1.54) is 24.2 Å². The molecule has 4 heterocycles. The smallest absolute Gasteiger partial charge is 0.408 e. The first-order chi connectivity index (χ1) is 24.5. The van der Waals surface area contributed by atoms with Crippen molar-refractivity contribution in [1.29, 1.82) is 0 Å². The van der Waals surface area contributed by atoms with Gasteiger partial charge in [0.2, 0.25) is 11.8 Å². The number of nitrogens with zero attached hydrogens (tertiary/aromatic N) is 3. The van der Waals surface area contributed by atoms with Gasteiger partial charge in [-0.05, 0) is 93.8 Å². The van der Waals surface area contributed by atoms with E-state index in [-0.39, 0.29) is 25.0 Å². The number of pyridine rings is 1. The molecule has 280 valence electrons. The summed E-state index contributed by atoms with van der Waals surface area (Å²) in [4.78, 5) is 49.0. The van der Waals surface area contributed by atoms with Crippen molar-refractivity contribution >= 4 is 28.9 Å². The van der Waals surface area contributed by atoms with Gasteiger partial charge in [0.15, 0.2) is 0 Å². The Bertz CT molecular complexity index is 1540. The van der Waals surface area contributed by atoms with Crippen LogP contribution < -0.4 is 14.8 Å². The minimum absolute atomic E-state index is 0.0568. The molecular formula is C40H58N4O7. The van der Waals surface area contributed by atoms with Gasteiger partial charge in [0.05, 0.1) is 24.2 Å². The summed E-state index contributed by atoms with van der Waals surface area (Å²) in [5.74, 6) is 0.346. The summed E-state index contributed by atoms with van der Waals surface area (Å²) in [7, 11) is 0. The van der Waals surface area contributed by atoms with Gasteiger partial charge < -0.3 is 34.4 Å². The summed E-state index contributed by atoms with van der Waals surface area (Å²) in [5.41, 5.74) is 0.954. The van der Waals surface area contributed by atoms with Crippen LogP contribution in [0.4, 0.5) is 4.79 Å². The monoisotopic (exact) mass is 706 g/mol. The Morgan fingerprint density at radius 2 is 1.78 bits per heavy atom. The highest BCUT2D eigenvalue weighted by Crippen LogP contribution is 2.40. The molecule has 6 rings (SSSR count). The van der Waals surface area contributed by atoms with Crippen molar-refractivity contribution in [1.82, 2.24) is 20.1 Å². The van der Waals surface area contributed by atoms with Crippen LogP contribution in [0.1, 0.15) is 104 Å². The maximum atomic E-state index is 14.2. The Morgan fingerprint density at radius 3 is 2.55 bits per heavy atom. The van der Waals surface area contributed by atoms with E-state index in [2.05, 4.69) is 17.1 Å². The molecule has 2 saturated heterocycles. The zero-order valence-electron chi connectivity index (χ0n) is 31.0.